The maximum absolute atomic E-state index is 10.7. The lowest BCUT2D eigenvalue weighted by Gasteiger charge is -2.27. The normalized spacial score (nSPS) is 33.3. The minimum atomic E-state index is -3.52. The lowest BCUT2D eigenvalue weighted by atomic mass is 10.1. The highest BCUT2D eigenvalue weighted by Gasteiger charge is 2.57. The molecule has 0 spiro atoms. The second-order valence-electron chi connectivity index (χ2n) is 6.03. The van der Waals surface area contributed by atoms with Crippen LogP contribution in [0.25, 0.3) is 27.3 Å². The summed E-state index contributed by atoms with van der Waals surface area (Å²) < 4.78 is 19.2. The fraction of sp³-hybridized carbons (Fsp3) is 0.417. The van der Waals surface area contributed by atoms with Crippen molar-refractivity contribution in [2.45, 2.75) is 24.5 Å². The number of imidazole rings is 2. The van der Waals surface area contributed by atoms with E-state index in [2.05, 4.69) is 25.0 Å². The summed E-state index contributed by atoms with van der Waals surface area (Å²) in [5.41, 5.74) is 10.1. The highest BCUT2D eigenvalue weighted by atomic mass is 31.2. The third kappa shape index (κ3) is 2.51. The third-order valence-electron chi connectivity index (χ3n) is 4.45. The van der Waals surface area contributed by atoms with Crippen LogP contribution in [0.5, 0.6) is 0 Å². The monoisotopic (exact) mass is 389 g/mol. The van der Waals surface area contributed by atoms with Crippen LogP contribution >= 0.6 is 7.82 Å². The van der Waals surface area contributed by atoms with Crippen molar-refractivity contribution in [1.82, 2.24) is 23.9 Å². The molecule has 136 valence electrons. The van der Waals surface area contributed by atoms with Gasteiger partial charge in [0, 0.05) is 17.3 Å². The molecule has 5 rings (SSSR count). The minimum Gasteiger partial charge on any atom is -0.385 e. The van der Waals surface area contributed by atoms with Gasteiger partial charge in [0.25, 0.3) is 0 Å². The molecule has 2 aliphatic heterocycles. The molecule has 0 saturated carbocycles. The highest BCUT2D eigenvalue weighted by molar-refractivity contribution is 7.85. The molecule has 2 fully saturated rings. The van der Waals surface area contributed by atoms with Crippen LogP contribution in [0, 0.1) is 0 Å². The molecule has 27 heavy (non-hydrogen) atoms. The molecule has 2 saturated heterocycles. The summed E-state index contributed by atoms with van der Waals surface area (Å²) in [7, 11) is 2.01. The van der Waals surface area contributed by atoms with E-state index in [1.54, 1.807) is 16.8 Å². The maximum atomic E-state index is 10.7. The zero-order chi connectivity index (χ0) is 18.8. The van der Waals surface area contributed by atoms with Crippen LogP contribution in [0.3, 0.4) is 0 Å². The number of rotatable bonds is 2. The number of aliphatic hydroxyl groups is 1. The quantitative estimate of drug-likeness (QED) is 0.211. The topological polar surface area (TPSA) is 165 Å². The van der Waals surface area contributed by atoms with Crippen LogP contribution in [0.4, 0.5) is 5.95 Å². The van der Waals surface area contributed by atoms with Gasteiger partial charge in [-0.3, -0.25) is 8.97 Å². The predicted octanol–water partition coefficient (Wildman–Crippen LogP) is 0.533. The predicted molar refractivity (Wildman–Crippen MR) is 90.7 cm³/mol. The van der Waals surface area contributed by atoms with Crippen molar-refractivity contribution in [3.8, 4) is 0 Å². The molecule has 2 radical (unpaired) electrons. The third-order valence-corrected chi connectivity index (χ3v) is 5.51. The standard InChI is InChI=1S/C12H11BN8O5P/c13-27(23)24-3-5-8(26-27)7(22)11(25-5)21-10-6(17-12(21)18-19-14)9-15-1-2-20(9)4-16-10/h1-2,4-5,7-8,11,22-23H,3H2/q+1/t5-,7?,8+,11-,27?/m1/s1. The van der Waals surface area contributed by atoms with Gasteiger partial charge in [-0.15, -0.1) is 0 Å². The van der Waals surface area contributed by atoms with Gasteiger partial charge in [-0.1, -0.05) is 0 Å². The Morgan fingerprint density at radius 2 is 2.26 bits per heavy atom. The van der Waals surface area contributed by atoms with Gasteiger partial charge < -0.3 is 9.84 Å². The lowest BCUT2D eigenvalue weighted by molar-refractivity contribution is -0.0598. The molecule has 3 aromatic rings. The number of fused-ring (bicyclic) bond motifs is 4. The summed E-state index contributed by atoms with van der Waals surface area (Å²) in [4.78, 5) is 25.4. The Morgan fingerprint density at radius 1 is 1.41 bits per heavy atom. The Kier molecular flexibility index (Phi) is 3.65. The first-order valence-corrected chi connectivity index (χ1v) is 9.45. The number of hydrogen-bond donors (Lipinski definition) is 2. The van der Waals surface area contributed by atoms with Gasteiger partial charge in [0.15, 0.2) is 29.1 Å². The molecule has 0 amide bonds. The van der Waals surface area contributed by atoms with Gasteiger partial charge in [-0.25, -0.2) is 19.8 Å². The molecule has 15 heteroatoms. The molecule has 2 unspecified atom stereocenters. The maximum Gasteiger partial charge on any atom is 0.488 e. The average molecular weight is 389 g/mol. The van der Waals surface area contributed by atoms with Gasteiger partial charge in [0.1, 0.15) is 25.1 Å². The van der Waals surface area contributed by atoms with E-state index in [1.807, 2.05) is 0 Å². The first kappa shape index (κ1) is 16.8. The Morgan fingerprint density at radius 3 is 3.07 bits per heavy atom. The van der Waals surface area contributed by atoms with E-state index in [-0.39, 0.29) is 12.6 Å². The van der Waals surface area contributed by atoms with Crippen LogP contribution in [-0.4, -0.2) is 66.4 Å². The largest absolute Gasteiger partial charge is 0.488 e. The molecule has 0 aromatic carbocycles. The SMILES string of the molecule is [B][P+]1(O)OC[C@H]2O[C@@H](n3c(N=[N+]=[N-])nc4c3ncn3ccnc43)C(O)[C@H]2O1. The van der Waals surface area contributed by atoms with E-state index in [9.17, 15) is 10.00 Å². The summed E-state index contributed by atoms with van der Waals surface area (Å²) in [6.45, 7) is -0.0551. The molecule has 0 aliphatic carbocycles. The van der Waals surface area contributed by atoms with Gasteiger partial charge in [-0.2, -0.15) is 9.05 Å². The molecule has 2 N–H and O–H groups in total. The average Bonchev–Trinajstić information content (AvgIpc) is 3.30. The summed E-state index contributed by atoms with van der Waals surface area (Å²) in [5, 5.41) is 14.3. The summed E-state index contributed by atoms with van der Waals surface area (Å²) in [6.07, 6.45) is 0.907. The summed E-state index contributed by atoms with van der Waals surface area (Å²) in [6, 6.07) is 0. The summed E-state index contributed by atoms with van der Waals surface area (Å²) in [5.74, 6) is -0.0579. The second kappa shape index (κ2) is 5.84. The van der Waals surface area contributed by atoms with Crippen LogP contribution in [0.2, 0.25) is 0 Å². The molecular weight excluding hydrogens is 378 g/mol. The highest BCUT2D eigenvalue weighted by Crippen LogP contribution is 2.58. The number of ether oxygens (including phenoxy) is 1. The molecule has 13 nitrogen and oxygen atoms in total. The minimum absolute atomic E-state index is 0.0551. The van der Waals surface area contributed by atoms with Gasteiger partial charge >= 0.3 is 15.4 Å². The van der Waals surface area contributed by atoms with Crippen LogP contribution in [-0.2, 0) is 13.8 Å². The number of aromatic nitrogens is 5. The van der Waals surface area contributed by atoms with E-state index in [0.717, 1.165) is 0 Å². The Balaban J connectivity index is 1.66. The van der Waals surface area contributed by atoms with Crippen LogP contribution in [0.1, 0.15) is 6.23 Å². The fourth-order valence-corrected chi connectivity index (χ4v) is 4.35. The lowest BCUT2D eigenvalue weighted by Crippen LogP contribution is -2.40. The number of aliphatic hydroxyl groups excluding tert-OH is 1. The van der Waals surface area contributed by atoms with Gasteiger partial charge in [0.2, 0.25) is 5.95 Å². The number of nitrogens with zero attached hydrogens (tertiary/aromatic N) is 8. The first-order chi connectivity index (χ1) is 13.0. The summed E-state index contributed by atoms with van der Waals surface area (Å²) >= 11 is 0. The van der Waals surface area contributed by atoms with E-state index in [4.69, 9.17) is 26.9 Å². The van der Waals surface area contributed by atoms with E-state index < -0.39 is 32.4 Å². The second-order valence-corrected chi connectivity index (χ2v) is 7.63. The molecule has 2 aliphatic rings. The van der Waals surface area contributed by atoms with Crippen molar-refractivity contribution in [2.24, 2.45) is 5.11 Å². The molecular formula is C12H11BN8O5P+. The Bertz CT molecular complexity index is 1100. The van der Waals surface area contributed by atoms with Crippen molar-refractivity contribution in [3.63, 3.8) is 0 Å². The molecule has 5 atom stereocenters. The van der Waals surface area contributed by atoms with Crippen molar-refractivity contribution >= 4 is 38.1 Å². The Labute approximate surface area is 152 Å². The smallest absolute Gasteiger partial charge is 0.385 e. The van der Waals surface area contributed by atoms with Crippen molar-refractivity contribution in [3.05, 3.63) is 29.2 Å². The van der Waals surface area contributed by atoms with E-state index in [1.165, 1.54) is 10.9 Å². The Hall–Kier alpha value is -2.31. The van der Waals surface area contributed by atoms with Crippen LogP contribution in [0.15, 0.2) is 23.8 Å². The van der Waals surface area contributed by atoms with E-state index in [0.29, 0.717) is 16.8 Å². The zero-order valence-corrected chi connectivity index (χ0v) is 14.4. The van der Waals surface area contributed by atoms with Gasteiger partial charge in [-0.05, 0) is 10.6 Å². The number of hydrogen-bond acceptors (Lipinski definition) is 9. The fourth-order valence-electron chi connectivity index (χ4n) is 3.32. The van der Waals surface area contributed by atoms with Crippen LogP contribution < -0.4 is 0 Å². The number of azide groups is 1. The molecule has 0 bridgehead atoms. The zero-order valence-electron chi connectivity index (χ0n) is 13.5. The molecule has 3 aromatic heterocycles. The van der Waals surface area contributed by atoms with Gasteiger partial charge in [0.05, 0.1) is 0 Å². The first-order valence-electron chi connectivity index (χ1n) is 7.80. The van der Waals surface area contributed by atoms with E-state index >= 15 is 0 Å². The van der Waals surface area contributed by atoms with Crippen molar-refractivity contribution < 1.29 is 23.8 Å². The van der Waals surface area contributed by atoms with Crippen molar-refractivity contribution in [1.29, 1.82) is 0 Å². The van der Waals surface area contributed by atoms with Crippen molar-refractivity contribution in [2.75, 3.05) is 6.61 Å². The molecule has 5 heterocycles.